The lowest BCUT2D eigenvalue weighted by Gasteiger charge is -2.35. The molecule has 2 aromatic rings. The molecule has 2 aliphatic heterocycles. The Labute approximate surface area is 166 Å². The quantitative estimate of drug-likeness (QED) is 0.808. The minimum absolute atomic E-state index is 0.0984. The number of rotatable bonds is 4. The third-order valence-electron chi connectivity index (χ3n) is 4.98. The van der Waals surface area contributed by atoms with Crippen LogP contribution < -0.4 is 15.5 Å². The molecule has 0 spiro atoms. The van der Waals surface area contributed by atoms with E-state index in [-0.39, 0.29) is 17.6 Å². The Morgan fingerprint density at radius 1 is 1.10 bits per heavy atom. The van der Waals surface area contributed by atoms with Crippen molar-refractivity contribution in [3.05, 3.63) is 18.0 Å². The van der Waals surface area contributed by atoms with Crippen LogP contribution in [-0.4, -0.2) is 72.0 Å². The molecule has 9 nitrogen and oxygen atoms in total. The van der Waals surface area contributed by atoms with Crippen molar-refractivity contribution in [3.63, 3.8) is 0 Å². The van der Waals surface area contributed by atoms with Crippen molar-refractivity contribution in [2.75, 3.05) is 61.6 Å². The van der Waals surface area contributed by atoms with E-state index in [1.54, 1.807) is 6.07 Å². The van der Waals surface area contributed by atoms with Gasteiger partial charge in [-0.3, -0.25) is 0 Å². The van der Waals surface area contributed by atoms with Crippen molar-refractivity contribution in [3.8, 4) is 11.3 Å². The van der Waals surface area contributed by atoms with Crippen molar-refractivity contribution in [1.82, 2.24) is 19.9 Å². The number of morpholine rings is 2. The summed E-state index contributed by atoms with van der Waals surface area (Å²) in [6.07, 6.45) is -1.51. The zero-order valence-corrected chi connectivity index (χ0v) is 16.1. The van der Waals surface area contributed by atoms with Gasteiger partial charge in [-0.1, -0.05) is 0 Å². The fourth-order valence-corrected chi connectivity index (χ4v) is 3.45. The SMILES string of the molecule is C[C@H]1COCCN1c1cc(-c2cnc(N)nc2C(F)F)nc(N2CCOCC2)n1. The van der Waals surface area contributed by atoms with E-state index < -0.39 is 12.1 Å². The third-order valence-corrected chi connectivity index (χ3v) is 4.98. The average molecular weight is 407 g/mol. The first-order valence-electron chi connectivity index (χ1n) is 9.50. The third kappa shape index (κ3) is 4.20. The number of halogens is 2. The first kappa shape index (κ1) is 19.6. The topological polar surface area (TPSA) is 103 Å². The Bertz CT molecular complexity index is 864. The van der Waals surface area contributed by atoms with Crippen molar-refractivity contribution in [1.29, 1.82) is 0 Å². The molecule has 2 aromatic heterocycles. The normalized spacial score (nSPS) is 20.3. The molecule has 0 amide bonds. The first-order valence-corrected chi connectivity index (χ1v) is 9.50. The van der Waals surface area contributed by atoms with Gasteiger partial charge in [0.05, 0.1) is 38.2 Å². The number of hydrogen-bond donors (Lipinski definition) is 1. The standard InChI is InChI=1S/C18H23F2N7O2/c1-11-10-29-7-4-27(11)14-8-13(12-9-22-17(21)25-15(12)16(19)20)23-18(24-14)26-2-5-28-6-3-26/h8-9,11,16H,2-7,10H2,1H3,(H2,21,22,25)/t11-/m0/s1. The summed E-state index contributed by atoms with van der Waals surface area (Å²) in [5.41, 5.74) is 5.57. The summed E-state index contributed by atoms with van der Waals surface area (Å²) >= 11 is 0. The molecule has 4 rings (SSSR count). The predicted molar refractivity (Wildman–Crippen MR) is 103 cm³/mol. The average Bonchev–Trinajstić information content (AvgIpc) is 2.74. The minimum atomic E-state index is -2.80. The number of nitrogens with two attached hydrogens (primary N) is 1. The summed E-state index contributed by atoms with van der Waals surface area (Å²) in [4.78, 5) is 21.0. The van der Waals surface area contributed by atoms with E-state index in [0.717, 1.165) is 0 Å². The monoisotopic (exact) mass is 407 g/mol. The maximum atomic E-state index is 13.6. The Balaban J connectivity index is 1.81. The van der Waals surface area contributed by atoms with Crippen LogP contribution >= 0.6 is 0 Å². The number of hydrogen-bond acceptors (Lipinski definition) is 9. The summed E-state index contributed by atoms with van der Waals surface area (Å²) in [5.74, 6) is 0.925. The van der Waals surface area contributed by atoms with E-state index in [0.29, 0.717) is 63.5 Å². The molecular formula is C18H23F2N7O2. The lowest BCUT2D eigenvalue weighted by molar-refractivity contribution is 0.0985. The highest BCUT2D eigenvalue weighted by Gasteiger charge is 2.26. The van der Waals surface area contributed by atoms with Crippen LogP contribution in [0.25, 0.3) is 11.3 Å². The molecule has 4 heterocycles. The van der Waals surface area contributed by atoms with Gasteiger partial charge in [-0.15, -0.1) is 0 Å². The Morgan fingerprint density at radius 2 is 1.86 bits per heavy atom. The van der Waals surface area contributed by atoms with Gasteiger partial charge in [0.1, 0.15) is 11.5 Å². The number of anilines is 3. The van der Waals surface area contributed by atoms with E-state index in [9.17, 15) is 8.78 Å². The van der Waals surface area contributed by atoms with E-state index in [2.05, 4.69) is 19.9 Å². The fraction of sp³-hybridized carbons (Fsp3) is 0.556. The second kappa shape index (κ2) is 8.37. The molecule has 2 aliphatic rings. The molecule has 29 heavy (non-hydrogen) atoms. The van der Waals surface area contributed by atoms with Crippen LogP contribution in [0.3, 0.4) is 0 Å². The van der Waals surface area contributed by atoms with Gasteiger partial charge in [-0.25, -0.2) is 23.7 Å². The Hall–Kier alpha value is -2.66. The maximum Gasteiger partial charge on any atom is 0.281 e. The van der Waals surface area contributed by atoms with Crippen LogP contribution in [0.2, 0.25) is 0 Å². The van der Waals surface area contributed by atoms with Gasteiger partial charge >= 0.3 is 0 Å². The first-order chi connectivity index (χ1) is 14.0. The number of ether oxygens (including phenoxy) is 2. The molecule has 0 saturated carbocycles. The lowest BCUT2D eigenvalue weighted by Crippen LogP contribution is -2.44. The van der Waals surface area contributed by atoms with Gasteiger partial charge in [-0.2, -0.15) is 4.98 Å². The predicted octanol–water partition coefficient (Wildman–Crippen LogP) is 1.52. The van der Waals surface area contributed by atoms with E-state index in [1.165, 1.54) is 6.20 Å². The Kier molecular flexibility index (Phi) is 5.67. The molecule has 0 radical (unpaired) electrons. The molecule has 0 aliphatic carbocycles. The Morgan fingerprint density at radius 3 is 2.59 bits per heavy atom. The van der Waals surface area contributed by atoms with Crippen LogP contribution in [0.1, 0.15) is 19.0 Å². The molecule has 1 atom stereocenters. The smallest absolute Gasteiger partial charge is 0.281 e. The van der Waals surface area contributed by atoms with E-state index in [4.69, 9.17) is 20.2 Å². The van der Waals surface area contributed by atoms with Gasteiger partial charge < -0.3 is 25.0 Å². The highest BCUT2D eigenvalue weighted by Crippen LogP contribution is 2.32. The summed E-state index contributed by atoms with van der Waals surface area (Å²) in [6.45, 7) is 6.20. The second-order valence-electron chi connectivity index (χ2n) is 6.96. The minimum Gasteiger partial charge on any atom is -0.378 e. The molecule has 0 unspecified atom stereocenters. The van der Waals surface area contributed by atoms with Crippen LogP contribution in [0, 0.1) is 0 Å². The largest absolute Gasteiger partial charge is 0.378 e. The van der Waals surface area contributed by atoms with Gasteiger partial charge in [0, 0.05) is 37.5 Å². The molecule has 2 saturated heterocycles. The van der Waals surface area contributed by atoms with Gasteiger partial charge in [-0.05, 0) is 6.92 Å². The van der Waals surface area contributed by atoms with Gasteiger partial charge in [0.15, 0.2) is 0 Å². The van der Waals surface area contributed by atoms with Crippen LogP contribution in [-0.2, 0) is 9.47 Å². The highest BCUT2D eigenvalue weighted by atomic mass is 19.3. The summed E-state index contributed by atoms with van der Waals surface area (Å²) in [7, 11) is 0. The van der Waals surface area contributed by atoms with E-state index >= 15 is 0 Å². The number of aromatic nitrogens is 4. The summed E-state index contributed by atoms with van der Waals surface area (Å²) in [6, 6.07) is 1.80. The molecule has 0 aromatic carbocycles. The summed E-state index contributed by atoms with van der Waals surface area (Å²) in [5, 5.41) is 0. The molecule has 2 N–H and O–H groups in total. The van der Waals surface area contributed by atoms with Crippen molar-refractivity contribution < 1.29 is 18.3 Å². The zero-order chi connectivity index (χ0) is 20.4. The van der Waals surface area contributed by atoms with Crippen molar-refractivity contribution in [2.24, 2.45) is 0 Å². The lowest BCUT2D eigenvalue weighted by atomic mass is 10.1. The molecule has 0 bridgehead atoms. The fourth-order valence-electron chi connectivity index (χ4n) is 3.45. The summed E-state index contributed by atoms with van der Waals surface area (Å²) < 4.78 is 38.2. The van der Waals surface area contributed by atoms with Gasteiger partial charge in [0.25, 0.3) is 6.43 Å². The molecule has 11 heteroatoms. The zero-order valence-electron chi connectivity index (χ0n) is 16.1. The van der Waals surface area contributed by atoms with E-state index in [1.807, 2.05) is 11.8 Å². The number of alkyl halides is 2. The highest BCUT2D eigenvalue weighted by molar-refractivity contribution is 5.67. The molecular weight excluding hydrogens is 384 g/mol. The second-order valence-corrected chi connectivity index (χ2v) is 6.96. The van der Waals surface area contributed by atoms with Crippen LogP contribution in [0.15, 0.2) is 12.3 Å². The molecule has 2 fully saturated rings. The maximum absolute atomic E-state index is 13.6. The molecule has 156 valence electrons. The van der Waals surface area contributed by atoms with Crippen molar-refractivity contribution in [2.45, 2.75) is 19.4 Å². The number of nitrogen functional groups attached to an aromatic ring is 1. The van der Waals surface area contributed by atoms with Crippen LogP contribution in [0.4, 0.5) is 26.5 Å². The van der Waals surface area contributed by atoms with Gasteiger partial charge in [0.2, 0.25) is 11.9 Å². The van der Waals surface area contributed by atoms with Crippen molar-refractivity contribution >= 4 is 17.7 Å². The number of nitrogens with zero attached hydrogens (tertiary/aromatic N) is 6. The van der Waals surface area contributed by atoms with Crippen LogP contribution in [0.5, 0.6) is 0 Å².